The van der Waals surface area contributed by atoms with Gasteiger partial charge in [-0.05, 0) is 36.8 Å². The molecule has 1 fully saturated rings. The van der Waals surface area contributed by atoms with E-state index in [2.05, 4.69) is 15.5 Å². The zero-order valence-corrected chi connectivity index (χ0v) is 16.7. The zero-order chi connectivity index (χ0) is 20.5. The maximum Gasteiger partial charge on any atom is 0.229 e. The van der Waals surface area contributed by atoms with E-state index >= 15 is 0 Å². The molecule has 148 valence electrons. The fourth-order valence-corrected chi connectivity index (χ4v) is 3.46. The fourth-order valence-electron chi connectivity index (χ4n) is 3.28. The molecule has 0 radical (unpaired) electrons. The van der Waals surface area contributed by atoms with Gasteiger partial charge in [-0.2, -0.15) is 4.98 Å². The van der Waals surface area contributed by atoms with Gasteiger partial charge in [0, 0.05) is 41.9 Å². The van der Waals surface area contributed by atoms with E-state index in [0.717, 1.165) is 11.1 Å². The van der Waals surface area contributed by atoms with Gasteiger partial charge in [-0.1, -0.05) is 35.0 Å². The molecule has 1 atom stereocenters. The van der Waals surface area contributed by atoms with Crippen molar-refractivity contribution in [3.05, 3.63) is 58.9 Å². The SMILES string of the molecule is Cc1nc(-c2cccc(N3CC(C(=O)Nc4ccc(C)c(Cl)c4)CC3=O)c2)no1. The largest absolute Gasteiger partial charge is 0.339 e. The Balaban J connectivity index is 1.49. The lowest BCUT2D eigenvalue weighted by Crippen LogP contribution is -2.28. The van der Waals surface area contributed by atoms with Crippen LogP contribution >= 0.6 is 11.6 Å². The number of aromatic nitrogens is 2. The number of carbonyl (C=O) groups excluding carboxylic acids is 2. The molecule has 7 nitrogen and oxygen atoms in total. The molecular weight excluding hydrogens is 392 g/mol. The highest BCUT2D eigenvalue weighted by Crippen LogP contribution is 2.29. The van der Waals surface area contributed by atoms with Crippen LogP contribution in [-0.4, -0.2) is 28.5 Å². The summed E-state index contributed by atoms with van der Waals surface area (Å²) in [4.78, 5) is 31.1. The lowest BCUT2D eigenvalue weighted by Gasteiger charge is -2.17. The average molecular weight is 411 g/mol. The molecule has 1 aromatic heterocycles. The highest BCUT2D eigenvalue weighted by atomic mass is 35.5. The van der Waals surface area contributed by atoms with Gasteiger partial charge in [0.25, 0.3) is 0 Å². The first-order valence-electron chi connectivity index (χ1n) is 9.19. The highest BCUT2D eigenvalue weighted by molar-refractivity contribution is 6.31. The molecule has 4 rings (SSSR count). The van der Waals surface area contributed by atoms with Crippen LogP contribution in [0.2, 0.25) is 5.02 Å². The molecular formula is C21H19ClN4O3. The van der Waals surface area contributed by atoms with Gasteiger partial charge in [-0.15, -0.1) is 0 Å². The number of anilines is 2. The molecule has 1 N–H and O–H groups in total. The lowest BCUT2D eigenvalue weighted by atomic mass is 10.1. The van der Waals surface area contributed by atoms with Gasteiger partial charge in [-0.3, -0.25) is 9.59 Å². The standard InChI is InChI=1S/C21H19ClN4O3/c1-12-6-7-16(10-18(12)22)24-21(28)15-9-19(27)26(11-15)17-5-3-4-14(8-17)20-23-13(2)29-25-20/h3-8,10,15H,9,11H2,1-2H3,(H,24,28). The smallest absolute Gasteiger partial charge is 0.229 e. The molecule has 0 aliphatic carbocycles. The third kappa shape index (κ3) is 4.00. The number of benzene rings is 2. The molecule has 1 aliphatic heterocycles. The van der Waals surface area contributed by atoms with Crippen LogP contribution < -0.4 is 10.2 Å². The van der Waals surface area contributed by atoms with Crippen LogP contribution in [0.5, 0.6) is 0 Å². The second-order valence-electron chi connectivity index (χ2n) is 7.05. The van der Waals surface area contributed by atoms with Gasteiger partial charge in [0.2, 0.25) is 23.5 Å². The van der Waals surface area contributed by atoms with Crippen LogP contribution in [0.1, 0.15) is 17.9 Å². The first-order valence-corrected chi connectivity index (χ1v) is 9.56. The van der Waals surface area contributed by atoms with Crippen molar-refractivity contribution in [1.29, 1.82) is 0 Å². The Morgan fingerprint density at radius 3 is 2.79 bits per heavy atom. The van der Waals surface area contributed by atoms with Gasteiger partial charge >= 0.3 is 0 Å². The van der Waals surface area contributed by atoms with E-state index in [1.807, 2.05) is 37.3 Å². The lowest BCUT2D eigenvalue weighted by molar-refractivity contribution is -0.122. The van der Waals surface area contributed by atoms with Crippen LogP contribution in [0.15, 0.2) is 47.0 Å². The van der Waals surface area contributed by atoms with Crippen molar-refractivity contribution in [3.63, 3.8) is 0 Å². The highest BCUT2D eigenvalue weighted by Gasteiger charge is 2.35. The second kappa shape index (κ2) is 7.67. The predicted octanol–water partition coefficient (Wildman–Crippen LogP) is 4.00. The van der Waals surface area contributed by atoms with Crippen LogP contribution in [-0.2, 0) is 9.59 Å². The number of hydrogen-bond acceptors (Lipinski definition) is 5. The van der Waals surface area contributed by atoms with E-state index in [1.54, 1.807) is 24.0 Å². The molecule has 1 unspecified atom stereocenters. The molecule has 3 aromatic rings. The van der Waals surface area contributed by atoms with Gasteiger partial charge < -0.3 is 14.7 Å². The molecule has 2 amide bonds. The maximum absolute atomic E-state index is 12.7. The summed E-state index contributed by atoms with van der Waals surface area (Å²) in [7, 11) is 0. The minimum absolute atomic E-state index is 0.103. The summed E-state index contributed by atoms with van der Waals surface area (Å²) in [5, 5.41) is 7.35. The quantitative estimate of drug-likeness (QED) is 0.702. The molecule has 0 saturated carbocycles. The van der Waals surface area contributed by atoms with E-state index in [1.165, 1.54) is 0 Å². The summed E-state index contributed by atoms with van der Waals surface area (Å²) in [6.45, 7) is 3.92. The summed E-state index contributed by atoms with van der Waals surface area (Å²) >= 11 is 6.12. The number of nitrogens with one attached hydrogen (secondary N) is 1. The summed E-state index contributed by atoms with van der Waals surface area (Å²) in [6.07, 6.45) is 0.150. The molecule has 2 aromatic carbocycles. The molecule has 29 heavy (non-hydrogen) atoms. The summed E-state index contributed by atoms with van der Waals surface area (Å²) < 4.78 is 5.02. The van der Waals surface area contributed by atoms with Crippen LogP contribution in [0.25, 0.3) is 11.4 Å². The second-order valence-corrected chi connectivity index (χ2v) is 7.45. The van der Waals surface area contributed by atoms with Crippen molar-refractivity contribution in [3.8, 4) is 11.4 Å². The van der Waals surface area contributed by atoms with E-state index in [-0.39, 0.29) is 18.2 Å². The number of rotatable bonds is 4. The molecule has 0 bridgehead atoms. The van der Waals surface area contributed by atoms with Crippen molar-refractivity contribution >= 4 is 34.8 Å². The number of hydrogen-bond donors (Lipinski definition) is 1. The fraction of sp³-hybridized carbons (Fsp3) is 0.238. The Morgan fingerprint density at radius 1 is 1.24 bits per heavy atom. The normalized spacial score (nSPS) is 16.3. The van der Waals surface area contributed by atoms with Gasteiger partial charge in [0.1, 0.15) is 0 Å². The van der Waals surface area contributed by atoms with Gasteiger partial charge in [0.15, 0.2) is 0 Å². The van der Waals surface area contributed by atoms with E-state index in [4.69, 9.17) is 16.1 Å². The van der Waals surface area contributed by atoms with Crippen LogP contribution in [0, 0.1) is 19.8 Å². The third-order valence-corrected chi connectivity index (χ3v) is 5.29. The maximum atomic E-state index is 12.7. The number of amides is 2. The number of aryl methyl sites for hydroxylation is 2. The summed E-state index contributed by atoms with van der Waals surface area (Å²) in [5.41, 5.74) is 2.99. The van der Waals surface area contributed by atoms with Crippen molar-refractivity contribution in [2.24, 2.45) is 5.92 Å². The van der Waals surface area contributed by atoms with E-state index < -0.39 is 5.92 Å². The Kier molecular flexibility index (Phi) is 5.07. The molecule has 1 saturated heterocycles. The third-order valence-electron chi connectivity index (χ3n) is 4.88. The Labute approximate surface area is 172 Å². The summed E-state index contributed by atoms with van der Waals surface area (Å²) in [5.74, 6) is 0.176. The number of halogens is 1. The van der Waals surface area contributed by atoms with Gasteiger partial charge in [-0.25, -0.2) is 0 Å². The number of carbonyl (C=O) groups is 2. The first-order chi connectivity index (χ1) is 13.9. The van der Waals surface area contributed by atoms with Crippen molar-refractivity contribution in [1.82, 2.24) is 10.1 Å². The summed E-state index contributed by atoms with van der Waals surface area (Å²) in [6, 6.07) is 12.7. The van der Waals surface area contributed by atoms with Crippen molar-refractivity contribution < 1.29 is 14.1 Å². The molecule has 8 heteroatoms. The number of nitrogens with zero attached hydrogens (tertiary/aromatic N) is 3. The topological polar surface area (TPSA) is 88.3 Å². The zero-order valence-electron chi connectivity index (χ0n) is 16.0. The molecule has 2 heterocycles. The first kappa shape index (κ1) is 19.1. The average Bonchev–Trinajstić information content (AvgIpc) is 3.31. The minimum Gasteiger partial charge on any atom is -0.339 e. The molecule has 0 spiro atoms. The Hall–Kier alpha value is -3.19. The Bertz CT molecular complexity index is 1100. The van der Waals surface area contributed by atoms with Crippen molar-refractivity contribution in [2.45, 2.75) is 20.3 Å². The van der Waals surface area contributed by atoms with Crippen LogP contribution in [0.4, 0.5) is 11.4 Å². The monoisotopic (exact) mass is 410 g/mol. The van der Waals surface area contributed by atoms with Crippen molar-refractivity contribution in [2.75, 3.05) is 16.8 Å². The predicted molar refractivity (Wildman–Crippen MR) is 110 cm³/mol. The van der Waals surface area contributed by atoms with Crippen LogP contribution in [0.3, 0.4) is 0 Å². The minimum atomic E-state index is -0.446. The molecule has 1 aliphatic rings. The van der Waals surface area contributed by atoms with E-state index in [9.17, 15) is 9.59 Å². The van der Waals surface area contributed by atoms with E-state index in [0.29, 0.717) is 34.7 Å². The van der Waals surface area contributed by atoms with Gasteiger partial charge in [0.05, 0.1) is 5.92 Å². The Morgan fingerprint density at radius 2 is 2.07 bits per heavy atom.